The molecule has 24 heavy (non-hydrogen) atoms. The van der Waals surface area contributed by atoms with E-state index < -0.39 is 0 Å². The summed E-state index contributed by atoms with van der Waals surface area (Å²) in [5, 5.41) is 6.67. The minimum absolute atomic E-state index is 0. The van der Waals surface area contributed by atoms with E-state index in [9.17, 15) is 4.79 Å². The molecule has 1 aliphatic heterocycles. The molecule has 0 bridgehead atoms. The second-order valence-corrected chi connectivity index (χ2v) is 7.50. The summed E-state index contributed by atoms with van der Waals surface area (Å²) in [7, 11) is 0. The molecule has 2 fully saturated rings. The Balaban J connectivity index is 0.00000208. The van der Waals surface area contributed by atoms with Gasteiger partial charge < -0.3 is 15.2 Å². The number of nitrogens with one attached hydrogen (secondary N) is 2. The molecule has 0 radical (unpaired) electrons. The number of hydrogen-bond donors (Lipinski definition) is 2. The summed E-state index contributed by atoms with van der Waals surface area (Å²) in [6.07, 6.45) is 7.52. The van der Waals surface area contributed by atoms with Crippen LogP contribution in [0.25, 0.3) is 0 Å². The Morgan fingerprint density at radius 1 is 1.21 bits per heavy atom. The summed E-state index contributed by atoms with van der Waals surface area (Å²) in [5.74, 6) is 0.605. The zero-order valence-electron chi connectivity index (χ0n) is 15.2. The van der Waals surface area contributed by atoms with E-state index in [1.54, 1.807) is 0 Å². The maximum atomic E-state index is 12.8. The zero-order chi connectivity index (χ0) is 16.4. The van der Waals surface area contributed by atoms with Gasteiger partial charge in [-0.25, -0.2) is 0 Å². The quantitative estimate of drug-likeness (QED) is 0.869. The third-order valence-corrected chi connectivity index (χ3v) is 5.77. The van der Waals surface area contributed by atoms with Crippen LogP contribution in [-0.4, -0.2) is 29.6 Å². The molecule has 1 aromatic rings. The molecule has 5 heteroatoms. The lowest BCUT2D eigenvalue weighted by molar-refractivity contribution is 0.0913. The number of carbonyl (C=O) groups excluding carboxylic acids is 1. The topological polar surface area (TPSA) is 46.1 Å². The smallest absolute Gasteiger partial charge is 0.253 e. The fourth-order valence-electron chi connectivity index (χ4n) is 4.38. The molecule has 2 unspecified atom stereocenters. The molecule has 4 nitrogen and oxygen atoms in total. The number of nitrogens with zero attached hydrogens (tertiary/aromatic N) is 1. The maximum absolute atomic E-state index is 12.8. The molecule has 3 rings (SSSR count). The molecular weight excluding hydrogens is 322 g/mol. The summed E-state index contributed by atoms with van der Waals surface area (Å²) in [5.41, 5.74) is 3.25. The second-order valence-electron chi connectivity index (χ2n) is 7.50. The Morgan fingerprint density at radius 2 is 1.92 bits per heavy atom. The number of carbonyl (C=O) groups is 1. The van der Waals surface area contributed by atoms with Gasteiger partial charge in [0.25, 0.3) is 5.91 Å². The Hall–Kier alpha value is -1.000. The van der Waals surface area contributed by atoms with Gasteiger partial charge in [-0.2, -0.15) is 0 Å². The first kappa shape index (κ1) is 19.3. The zero-order valence-corrected chi connectivity index (χ0v) is 16.0. The van der Waals surface area contributed by atoms with Gasteiger partial charge in [0.2, 0.25) is 0 Å². The van der Waals surface area contributed by atoms with E-state index in [-0.39, 0.29) is 18.3 Å². The summed E-state index contributed by atoms with van der Waals surface area (Å²) in [6, 6.07) is 2.97. The molecular formula is C19H32ClN3O. The van der Waals surface area contributed by atoms with E-state index in [0.29, 0.717) is 18.0 Å². The minimum atomic E-state index is 0. The number of piperidine rings is 1. The number of halogens is 1. The summed E-state index contributed by atoms with van der Waals surface area (Å²) >= 11 is 0. The van der Waals surface area contributed by atoms with Crippen LogP contribution in [0, 0.1) is 19.8 Å². The lowest BCUT2D eigenvalue weighted by atomic mass is 9.94. The molecule has 0 spiro atoms. The van der Waals surface area contributed by atoms with Crippen LogP contribution in [0.15, 0.2) is 6.07 Å². The van der Waals surface area contributed by atoms with Crippen LogP contribution in [0.2, 0.25) is 0 Å². The standard InChI is InChI=1S/C19H31N3O.ClH/c1-13-12-20-10-9-18(13)21-19(23)17-11-14(2)22(15(17)3)16-7-5-4-6-8-16;/h11,13,16,18,20H,4-10,12H2,1-3H3,(H,21,23);1H. The monoisotopic (exact) mass is 353 g/mol. The predicted molar refractivity (Wildman–Crippen MR) is 101 cm³/mol. The molecule has 1 aromatic heterocycles. The van der Waals surface area contributed by atoms with Crippen molar-refractivity contribution < 1.29 is 4.79 Å². The molecule has 2 aliphatic rings. The second kappa shape index (κ2) is 8.39. The average Bonchev–Trinajstić information content (AvgIpc) is 2.85. The Bertz CT molecular complexity index is 563. The summed E-state index contributed by atoms with van der Waals surface area (Å²) < 4.78 is 2.42. The lowest BCUT2D eigenvalue weighted by Crippen LogP contribution is -2.48. The van der Waals surface area contributed by atoms with Crippen molar-refractivity contribution >= 4 is 18.3 Å². The van der Waals surface area contributed by atoms with Crippen molar-refractivity contribution in [2.45, 2.75) is 71.4 Å². The molecule has 0 aromatic carbocycles. The molecule has 2 heterocycles. The van der Waals surface area contributed by atoms with Crippen LogP contribution in [0.5, 0.6) is 0 Å². The third-order valence-electron chi connectivity index (χ3n) is 5.77. The Morgan fingerprint density at radius 3 is 2.58 bits per heavy atom. The van der Waals surface area contributed by atoms with E-state index in [1.807, 2.05) is 0 Å². The number of rotatable bonds is 3. The van der Waals surface area contributed by atoms with E-state index >= 15 is 0 Å². The highest BCUT2D eigenvalue weighted by Crippen LogP contribution is 2.32. The Kier molecular flexibility index (Phi) is 6.76. The van der Waals surface area contributed by atoms with Crippen molar-refractivity contribution in [3.8, 4) is 0 Å². The van der Waals surface area contributed by atoms with Gasteiger partial charge >= 0.3 is 0 Å². The van der Waals surface area contributed by atoms with Gasteiger partial charge in [0, 0.05) is 23.5 Å². The number of aromatic nitrogens is 1. The molecule has 2 N–H and O–H groups in total. The van der Waals surface area contributed by atoms with Crippen LogP contribution in [-0.2, 0) is 0 Å². The van der Waals surface area contributed by atoms with Crippen molar-refractivity contribution in [1.29, 1.82) is 0 Å². The van der Waals surface area contributed by atoms with Gasteiger partial charge in [-0.15, -0.1) is 12.4 Å². The summed E-state index contributed by atoms with van der Waals surface area (Å²) in [4.78, 5) is 12.8. The van der Waals surface area contributed by atoms with Gasteiger partial charge in [0.15, 0.2) is 0 Å². The lowest BCUT2D eigenvalue weighted by Gasteiger charge is -2.30. The van der Waals surface area contributed by atoms with E-state index in [4.69, 9.17) is 0 Å². The minimum Gasteiger partial charge on any atom is -0.349 e. The third kappa shape index (κ3) is 3.97. The van der Waals surface area contributed by atoms with E-state index in [2.05, 4.69) is 42.0 Å². The first-order valence-corrected chi connectivity index (χ1v) is 9.28. The fraction of sp³-hybridized carbons (Fsp3) is 0.737. The van der Waals surface area contributed by atoms with Crippen molar-refractivity contribution in [1.82, 2.24) is 15.2 Å². The highest BCUT2D eigenvalue weighted by molar-refractivity contribution is 5.96. The normalized spacial score (nSPS) is 25.1. The SMILES string of the molecule is Cc1cc(C(=O)NC2CCNCC2C)c(C)n1C1CCCCC1.Cl. The van der Waals surface area contributed by atoms with Crippen molar-refractivity contribution in [3.05, 3.63) is 23.0 Å². The highest BCUT2D eigenvalue weighted by Gasteiger charge is 2.26. The average molecular weight is 354 g/mol. The van der Waals surface area contributed by atoms with Crippen LogP contribution >= 0.6 is 12.4 Å². The fourth-order valence-corrected chi connectivity index (χ4v) is 4.38. The van der Waals surface area contributed by atoms with Crippen LogP contribution < -0.4 is 10.6 Å². The maximum Gasteiger partial charge on any atom is 0.253 e. The first-order chi connectivity index (χ1) is 11.1. The molecule has 136 valence electrons. The van der Waals surface area contributed by atoms with Gasteiger partial charge in [-0.1, -0.05) is 26.2 Å². The summed E-state index contributed by atoms with van der Waals surface area (Å²) in [6.45, 7) is 8.46. The molecule has 1 aliphatic carbocycles. The number of hydrogen-bond acceptors (Lipinski definition) is 2. The van der Waals surface area contributed by atoms with E-state index in [1.165, 1.54) is 37.8 Å². The van der Waals surface area contributed by atoms with Gasteiger partial charge in [0.1, 0.15) is 0 Å². The van der Waals surface area contributed by atoms with E-state index in [0.717, 1.165) is 30.8 Å². The molecule has 2 atom stereocenters. The first-order valence-electron chi connectivity index (χ1n) is 9.28. The predicted octanol–water partition coefficient (Wildman–Crippen LogP) is 3.76. The van der Waals surface area contributed by atoms with Gasteiger partial charge in [0.05, 0.1) is 5.56 Å². The van der Waals surface area contributed by atoms with Crippen molar-refractivity contribution in [2.75, 3.05) is 13.1 Å². The largest absolute Gasteiger partial charge is 0.349 e. The highest BCUT2D eigenvalue weighted by atomic mass is 35.5. The van der Waals surface area contributed by atoms with Gasteiger partial charge in [-0.05, 0) is 58.2 Å². The van der Waals surface area contributed by atoms with Crippen LogP contribution in [0.4, 0.5) is 0 Å². The van der Waals surface area contributed by atoms with Crippen LogP contribution in [0.3, 0.4) is 0 Å². The van der Waals surface area contributed by atoms with Crippen LogP contribution in [0.1, 0.15) is 73.2 Å². The molecule has 1 saturated heterocycles. The number of aryl methyl sites for hydroxylation is 1. The molecule has 1 saturated carbocycles. The van der Waals surface area contributed by atoms with Crippen molar-refractivity contribution in [3.63, 3.8) is 0 Å². The van der Waals surface area contributed by atoms with Crippen molar-refractivity contribution in [2.24, 2.45) is 5.92 Å². The Labute approximate surface area is 152 Å². The molecule has 1 amide bonds. The van der Waals surface area contributed by atoms with Gasteiger partial charge in [-0.3, -0.25) is 4.79 Å². The number of amides is 1.